The molecule has 2 fully saturated rings. The van der Waals surface area contributed by atoms with Crippen LogP contribution in [0.4, 0.5) is 19.0 Å². The zero-order valence-electron chi connectivity index (χ0n) is 29.3. The van der Waals surface area contributed by atoms with Crippen molar-refractivity contribution in [3.05, 3.63) is 47.9 Å². The summed E-state index contributed by atoms with van der Waals surface area (Å²) in [5.74, 6) is -2.44. The van der Waals surface area contributed by atoms with Crippen LogP contribution >= 0.6 is 0 Å². The standard InChI is InChI=1S/C36H45F3N4O5Si/c1-34(2,3)49(6,7)48-20-36(12-13-36)19-46-33-41-31-25(32(42-33)43-14-8-11-35(4,44)18-43)17-40-30(29(31)39)24-16-23(47-21-45-5)15-22-9-10-26(37)28(38)27(22)24/h9-10,15-17,44H,8,11-14,18-21H2,1-7H3/t35-/m1/s1. The number of hydrogen-bond acceptors (Lipinski definition) is 9. The van der Waals surface area contributed by atoms with Crippen molar-refractivity contribution in [2.45, 2.75) is 77.1 Å². The number of ether oxygens (including phenoxy) is 3. The fraction of sp³-hybridized carbons (Fsp3) is 0.528. The Labute approximate surface area is 285 Å². The second-order valence-corrected chi connectivity index (χ2v) is 20.2. The van der Waals surface area contributed by atoms with Crippen molar-refractivity contribution < 1.29 is 36.9 Å². The van der Waals surface area contributed by atoms with Crippen molar-refractivity contribution >= 4 is 35.8 Å². The fourth-order valence-corrected chi connectivity index (χ4v) is 7.06. The normalized spacial score (nSPS) is 19.4. The van der Waals surface area contributed by atoms with Gasteiger partial charge in [-0.1, -0.05) is 26.8 Å². The van der Waals surface area contributed by atoms with Crippen molar-refractivity contribution in [2.75, 3.05) is 45.1 Å². The summed E-state index contributed by atoms with van der Waals surface area (Å²) in [5, 5.41) is 11.4. The molecule has 0 bridgehead atoms. The number of nitrogens with zero attached hydrogens (tertiary/aromatic N) is 4. The second kappa shape index (κ2) is 13.0. The smallest absolute Gasteiger partial charge is 0.319 e. The predicted molar refractivity (Wildman–Crippen MR) is 185 cm³/mol. The van der Waals surface area contributed by atoms with Gasteiger partial charge in [-0.25, -0.2) is 13.2 Å². The number of hydrogen-bond donors (Lipinski definition) is 1. The first-order valence-corrected chi connectivity index (χ1v) is 19.6. The number of β-amino-alcohol motifs (C(OH)–C–C–N with tert-alkyl or cyclic N) is 1. The molecule has 1 aliphatic heterocycles. The molecule has 1 N–H and O–H groups in total. The van der Waals surface area contributed by atoms with E-state index in [0.717, 1.165) is 18.9 Å². The third-order valence-corrected chi connectivity index (χ3v) is 14.7. The van der Waals surface area contributed by atoms with Crippen molar-refractivity contribution in [3.8, 4) is 23.0 Å². The van der Waals surface area contributed by atoms with Crippen LogP contribution in [0.25, 0.3) is 32.9 Å². The van der Waals surface area contributed by atoms with Gasteiger partial charge < -0.3 is 28.6 Å². The van der Waals surface area contributed by atoms with Crippen LogP contribution in [0, 0.1) is 22.9 Å². The van der Waals surface area contributed by atoms with Gasteiger partial charge in [-0.05, 0) is 74.3 Å². The van der Waals surface area contributed by atoms with Crippen LogP contribution in [0.1, 0.15) is 53.4 Å². The second-order valence-electron chi connectivity index (χ2n) is 15.4. The largest absolute Gasteiger partial charge is 0.468 e. The first-order chi connectivity index (χ1) is 23.0. The quantitative estimate of drug-likeness (QED) is 0.124. The van der Waals surface area contributed by atoms with Crippen molar-refractivity contribution in [1.82, 2.24) is 15.0 Å². The average Bonchev–Trinajstić information content (AvgIpc) is 3.82. The summed E-state index contributed by atoms with van der Waals surface area (Å²) >= 11 is 0. The molecule has 9 nitrogen and oxygen atoms in total. The molecule has 13 heteroatoms. The van der Waals surface area contributed by atoms with E-state index in [1.165, 1.54) is 31.5 Å². The van der Waals surface area contributed by atoms with E-state index in [9.17, 15) is 9.50 Å². The number of anilines is 1. The van der Waals surface area contributed by atoms with Gasteiger partial charge in [0.2, 0.25) is 0 Å². The molecule has 1 saturated carbocycles. The summed E-state index contributed by atoms with van der Waals surface area (Å²) in [7, 11) is -0.538. The summed E-state index contributed by atoms with van der Waals surface area (Å²) in [6, 6.07) is 5.30. The molecule has 1 aliphatic carbocycles. The van der Waals surface area contributed by atoms with Crippen molar-refractivity contribution in [1.29, 1.82) is 0 Å². The van der Waals surface area contributed by atoms with Gasteiger partial charge in [0.25, 0.3) is 0 Å². The minimum absolute atomic E-state index is 0.0109. The van der Waals surface area contributed by atoms with E-state index in [1.807, 2.05) is 4.90 Å². The summed E-state index contributed by atoms with van der Waals surface area (Å²) in [5.41, 5.74) is -1.51. The molecule has 264 valence electrons. The van der Waals surface area contributed by atoms with Gasteiger partial charge in [-0.2, -0.15) is 9.97 Å². The van der Waals surface area contributed by atoms with Crippen LogP contribution < -0.4 is 14.4 Å². The van der Waals surface area contributed by atoms with E-state index >= 15 is 8.78 Å². The summed E-state index contributed by atoms with van der Waals surface area (Å²) in [4.78, 5) is 15.6. The molecular formula is C36H45F3N4O5Si. The molecule has 3 heterocycles. The van der Waals surface area contributed by atoms with E-state index in [2.05, 4.69) is 43.8 Å². The van der Waals surface area contributed by atoms with E-state index in [-0.39, 0.29) is 64.3 Å². The molecule has 2 aromatic heterocycles. The van der Waals surface area contributed by atoms with Crippen LogP contribution in [-0.4, -0.2) is 74.2 Å². The first-order valence-electron chi connectivity index (χ1n) is 16.7. The van der Waals surface area contributed by atoms with Crippen molar-refractivity contribution in [3.63, 3.8) is 0 Å². The van der Waals surface area contributed by atoms with Gasteiger partial charge in [0.1, 0.15) is 22.8 Å². The lowest BCUT2D eigenvalue weighted by atomic mass is 9.95. The molecule has 0 radical (unpaired) electrons. The molecule has 2 aliphatic rings. The number of benzene rings is 2. The lowest BCUT2D eigenvalue weighted by Crippen LogP contribution is -2.46. The summed E-state index contributed by atoms with van der Waals surface area (Å²) < 4.78 is 70.2. The van der Waals surface area contributed by atoms with Gasteiger partial charge >= 0.3 is 6.01 Å². The lowest BCUT2D eigenvalue weighted by molar-refractivity contribution is 0.0447. The third kappa shape index (κ3) is 7.21. The van der Waals surface area contributed by atoms with E-state index in [1.54, 1.807) is 6.92 Å². The zero-order chi connectivity index (χ0) is 35.4. The van der Waals surface area contributed by atoms with E-state index in [4.69, 9.17) is 23.6 Å². The third-order valence-electron chi connectivity index (χ3n) is 10.2. The maximum atomic E-state index is 16.9. The Hall–Kier alpha value is -3.52. The maximum Gasteiger partial charge on any atom is 0.319 e. The Morgan fingerprint density at radius 3 is 2.43 bits per heavy atom. The van der Waals surface area contributed by atoms with Crippen molar-refractivity contribution in [2.24, 2.45) is 5.41 Å². The predicted octanol–water partition coefficient (Wildman–Crippen LogP) is 7.78. The molecule has 6 rings (SSSR count). The highest BCUT2D eigenvalue weighted by Gasteiger charge is 2.47. The Morgan fingerprint density at radius 2 is 1.76 bits per heavy atom. The molecule has 1 atom stereocenters. The zero-order valence-corrected chi connectivity index (χ0v) is 30.3. The summed E-state index contributed by atoms with van der Waals surface area (Å²) in [6.07, 6.45) is 4.59. The van der Waals surface area contributed by atoms with Gasteiger partial charge in [-0.3, -0.25) is 4.98 Å². The molecule has 4 aromatic rings. The van der Waals surface area contributed by atoms with Crippen LogP contribution in [0.15, 0.2) is 30.5 Å². The molecule has 0 amide bonds. The Kier molecular flexibility index (Phi) is 9.35. The highest BCUT2D eigenvalue weighted by Crippen LogP contribution is 2.48. The number of aliphatic hydroxyl groups is 1. The Morgan fingerprint density at radius 1 is 1.00 bits per heavy atom. The van der Waals surface area contributed by atoms with Gasteiger partial charge in [0.05, 0.1) is 17.6 Å². The van der Waals surface area contributed by atoms with Gasteiger partial charge in [0.15, 0.2) is 32.6 Å². The monoisotopic (exact) mass is 698 g/mol. The molecule has 1 saturated heterocycles. The Bertz CT molecular complexity index is 1880. The minimum Gasteiger partial charge on any atom is -0.468 e. The number of piperidine rings is 1. The highest BCUT2D eigenvalue weighted by molar-refractivity contribution is 6.74. The number of methoxy groups -OCH3 is 1. The summed E-state index contributed by atoms with van der Waals surface area (Å²) in [6.45, 7) is 14.4. The fourth-order valence-electron chi connectivity index (χ4n) is 5.96. The molecule has 0 unspecified atom stereocenters. The average molecular weight is 699 g/mol. The Balaban J connectivity index is 1.43. The van der Waals surface area contributed by atoms with Gasteiger partial charge in [-0.15, -0.1) is 0 Å². The lowest BCUT2D eigenvalue weighted by Gasteiger charge is -2.38. The molecule has 49 heavy (non-hydrogen) atoms. The SMILES string of the molecule is COCOc1cc(-c2ncc3c(N4CCC[C@@](C)(O)C4)nc(OCC4(CO[Si](C)(C)C(C)(C)C)CC4)nc3c2F)c2c(F)c(F)ccc2c1. The van der Waals surface area contributed by atoms with Crippen LogP contribution in [-0.2, 0) is 9.16 Å². The number of pyridine rings is 1. The maximum absolute atomic E-state index is 16.9. The van der Waals surface area contributed by atoms with Gasteiger partial charge in [0, 0.05) is 49.4 Å². The number of aromatic nitrogens is 3. The highest BCUT2D eigenvalue weighted by atomic mass is 28.4. The molecule has 0 spiro atoms. The van der Waals surface area contributed by atoms with E-state index < -0.39 is 31.4 Å². The molecular weight excluding hydrogens is 653 g/mol. The van der Waals surface area contributed by atoms with Crippen LogP contribution in [0.5, 0.6) is 11.8 Å². The topological polar surface area (TPSA) is 99.1 Å². The molecule has 2 aromatic carbocycles. The van der Waals surface area contributed by atoms with E-state index in [0.29, 0.717) is 42.6 Å². The number of halogens is 3. The van der Waals surface area contributed by atoms with Crippen LogP contribution in [0.2, 0.25) is 18.1 Å². The first kappa shape index (κ1) is 35.3. The number of fused-ring (bicyclic) bond motifs is 2. The number of rotatable bonds is 11. The van der Waals surface area contributed by atoms with Crippen LogP contribution in [0.3, 0.4) is 0 Å². The minimum atomic E-state index is -1.99.